The number of ether oxygens (including phenoxy) is 1. The van der Waals surface area contributed by atoms with E-state index in [0.29, 0.717) is 0 Å². The van der Waals surface area contributed by atoms with E-state index in [1.807, 2.05) is 0 Å². The molecule has 0 heterocycles. The summed E-state index contributed by atoms with van der Waals surface area (Å²) in [4.78, 5) is 10.2. The second-order valence-corrected chi connectivity index (χ2v) is 1.68. The number of hydrogen-bond acceptors (Lipinski definition) is 3. The molecule has 0 aliphatic heterocycles. The fourth-order valence-electron chi connectivity index (χ4n) is 0.352. The Morgan fingerprint density at radius 2 is 2.27 bits per heavy atom. The summed E-state index contributed by atoms with van der Waals surface area (Å²) in [5.74, 6) is -4.54. The molecule has 1 N–H and O–H groups in total. The highest BCUT2D eigenvalue weighted by molar-refractivity contribution is 5.78. The highest BCUT2D eigenvalue weighted by atomic mass is 19.3. The minimum atomic E-state index is -4.02. The Labute approximate surface area is 62.0 Å². The van der Waals surface area contributed by atoms with Gasteiger partial charge in [-0.1, -0.05) is 5.92 Å². The number of esters is 1. The number of rotatable bonds is 2. The molecule has 1 unspecified atom stereocenters. The second-order valence-electron chi connectivity index (χ2n) is 1.68. The van der Waals surface area contributed by atoms with Crippen LogP contribution < -0.4 is 0 Å². The molecule has 0 radical (unpaired) electrons. The molecule has 0 aromatic heterocycles. The molecule has 0 saturated heterocycles. The van der Waals surface area contributed by atoms with Gasteiger partial charge in [0.05, 0.1) is 7.11 Å². The zero-order valence-corrected chi connectivity index (χ0v) is 5.67. The van der Waals surface area contributed by atoms with Crippen LogP contribution in [0.3, 0.4) is 0 Å². The van der Waals surface area contributed by atoms with Crippen LogP contribution in [0.4, 0.5) is 8.78 Å². The number of terminal acetylenes is 1. The number of carbonyl (C=O) groups is 1. The van der Waals surface area contributed by atoms with Gasteiger partial charge in [-0.25, -0.2) is 4.79 Å². The van der Waals surface area contributed by atoms with Crippen molar-refractivity contribution in [2.45, 2.75) is 12.0 Å². The molecule has 62 valence electrons. The minimum Gasteiger partial charge on any atom is -0.464 e. The maximum atomic E-state index is 12.3. The SMILES string of the molecule is C#CC(O)C(F)(F)C(=O)OC. The van der Waals surface area contributed by atoms with E-state index in [-0.39, 0.29) is 0 Å². The van der Waals surface area contributed by atoms with Gasteiger partial charge in [-0.2, -0.15) is 8.78 Å². The summed E-state index contributed by atoms with van der Waals surface area (Å²) in [5, 5.41) is 8.40. The molecule has 0 bridgehead atoms. The van der Waals surface area contributed by atoms with Crippen LogP contribution >= 0.6 is 0 Å². The number of aliphatic hydroxyl groups is 1. The first kappa shape index (κ1) is 9.85. The molecule has 0 aromatic carbocycles. The number of carbonyl (C=O) groups excluding carboxylic acids is 1. The molecule has 1 atom stereocenters. The lowest BCUT2D eigenvalue weighted by molar-refractivity contribution is -0.179. The summed E-state index contributed by atoms with van der Waals surface area (Å²) >= 11 is 0. The molecule has 0 saturated carbocycles. The average molecular weight is 164 g/mol. The van der Waals surface area contributed by atoms with Gasteiger partial charge in [0.1, 0.15) is 0 Å². The Morgan fingerprint density at radius 1 is 1.82 bits per heavy atom. The van der Waals surface area contributed by atoms with Gasteiger partial charge in [-0.05, 0) is 0 Å². The highest BCUT2D eigenvalue weighted by Crippen LogP contribution is 2.19. The number of alkyl halides is 2. The lowest BCUT2D eigenvalue weighted by Crippen LogP contribution is -2.41. The first-order chi connectivity index (χ1) is 4.96. The minimum absolute atomic E-state index is 0.777. The van der Waals surface area contributed by atoms with Gasteiger partial charge in [0.25, 0.3) is 0 Å². The monoisotopic (exact) mass is 164 g/mol. The third kappa shape index (κ3) is 1.88. The van der Waals surface area contributed by atoms with Crippen LogP contribution in [-0.4, -0.2) is 30.2 Å². The summed E-state index contributed by atoms with van der Waals surface area (Å²) in [6.45, 7) is 0. The van der Waals surface area contributed by atoms with Crippen LogP contribution in [0.1, 0.15) is 0 Å². The molecular weight excluding hydrogens is 158 g/mol. The van der Waals surface area contributed by atoms with E-state index < -0.39 is 18.0 Å². The van der Waals surface area contributed by atoms with Gasteiger partial charge in [0.2, 0.25) is 0 Å². The number of halogens is 2. The van der Waals surface area contributed by atoms with E-state index in [1.54, 1.807) is 0 Å². The van der Waals surface area contributed by atoms with Crippen molar-refractivity contribution in [3.8, 4) is 12.3 Å². The Bertz CT molecular complexity index is 194. The number of methoxy groups -OCH3 is 1. The molecule has 5 heteroatoms. The Morgan fingerprint density at radius 3 is 2.55 bits per heavy atom. The lowest BCUT2D eigenvalue weighted by Gasteiger charge is -2.14. The smallest absolute Gasteiger partial charge is 0.380 e. The van der Waals surface area contributed by atoms with Crippen molar-refractivity contribution < 1.29 is 23.4 Å². The van der Waals surface area contributed by atoms with Gasteiger partial charge < -0.3 is 9.84 Å². The second kappa shape index (κ2) is 3.30. The average Bonchev–Trinajstić information content (AvgIpc) is 2.01. The molecule has 0 fully saturated rings. The topological polar surface area (TPSA) is 46.5 Å². The molecule has 0 aliphatic rings. The van der Waals surface area contributed by atoms with Crippen LogP contribution in [0.2, 0.25) is 0 Å². The van der Waals surface area contributed by atoms with E-state index in [4.69, 9.17) is 5.11 Å². The quantitative estimate of drug-likeness (QED) is 0.453. The largest absolute Gasteiger partial charge is 0.464 e. The van der Waals surface area contributed by atoms with Crippen molar-refractivity contribution in [2.75, 3.05) is 7.11 Å². The first-order valence-corrected chi connectivity index (χ1v) is 2.57. The summed E-state index contributed by atoms with van der Waals surface area (Å²) in [7, 11) is 0.777. The molecule has 0 aromatic rings. The summed E-state index contributed by atoms with van der Waals surface area (Å²) in [6, 6.07) is 0. The Hall–Kier alpha value is -1.15. The molecular formula is C6H6F2O3. The molecule has 0 rings (SSSR count). The fourth-order valence-corrected chi connectivity index (χ4v) is 0.352. The van der Waals surface area contributed by atoms with Crippen molar-refractivity contribution in [3.05, 3.63) is 0 Å². The Kier molecular flexibility index (Phi) is 2.96. The van der Waals surface area contributed by atoms with E-state index in [2.05, 4.69) is 11.2 Å². The number of hydrogen-bond donors (Lipinski definition) is 1. The molecule has 0 spiro atoms. The summed E-state index contributed by atoms with van der Waals surface area (Å²) in [5.41, 5.74) is 0. The van der Waals surface area contributed by atoms with Crippen LogP contribution in [0.15, 0.2) is 0 Å². The summed E-state index contributed by atoms with van der Waals surface area (Å²) in [6.07, 6.45) is 2.03. The molecule has 0 aliphatic carbocycles. The molecule has 11 heavy (non-hydrogen) atoms. The third-order valence-corrected chi connectivity index (χ3v) is 0.959. The van der Waals surface area contributed by atoms with E-state index in [1.165, 1.54) is 5.92 Å². The molecule has 3 nitrogen and oxygen atoms in total. The van der Waals surface area contributed by atoms with Crippen molar-refractivity contribution in [3.63, 3.8) is 0 Å². The molecule has 0 amide bonds. The zero-order chi connectivity index (χ0) is 9.07. The number of aliphatic hydroxyl groups excluding tert-OH is 1. The van der Waals surface area contributed by atoms with E-state index >= 15 is 0 Å². The van der Waals surface area contributed by atoms with Gasteiger partial charge >= 0.3 is 11.9 Å². The normalized spacial score (nSPS) is 13.4. The highest BCUT2D eigenvalue weighted by Gasteiger charge is 2.47. The van der Waals surface area contributed by atoms with Gasteiger partial charge in [0.15, 0.2) is 6.10 Å². The predicted octanol–water partition coefficient (Wildman–Crippen LogP) is -0.211. The van der Waals surface area contributed by atoms with E-state index in [0.717, 1.165) is 7.11 Å². The third-order valence-electron chi connectivity index (χ3n) is 0.959. The fraction of sp³-hybridized carbons (Fsp3) is 0.500. The van der Waals surface area contributed by atoms with E-state index in [9.17, 15) is 13.6 Å². The maximum absolute atomic E-state index is 12.3. The van der Waals surface area contributed by atoms with Crippen molar-refractivity contribution >= 4 is 5.97 Å². The maximum Gasteiger partial charge on any atom is 0.380 e. The Balaban J connectivity index is 4.47. The van der Waals surface area contributed by atoms with Crippen molar-refractivity contribution in [2.24, 2.45) is 0 Å². The van der Waals surface area contributed by atoms with Crippen molar-refractivity contribution in [1.82, 2.24) is 0 Å². The predicted molar refractivity (Wildman–Crippen MR) is 31.8 cm³/mol. The van der Waals surface area contributed by atoms with Crippen LogP contribution in [0, 0.1) is 12.3 Å². The van der Waals surface area contributed by atoms with Crippen molar-refractivity contribution in [1.29, 1.82) is 0 Å². The van der Waals surface area contributed by atoms with Crippen LogP contribution in [0.25, 0.3) is 0 Å². The summed E-state index contributed by atoms with van der Waals surface area (Å²) < 4.78 is 28.4. The standard InChI is InChI=1S/C6H6F2O3/c1-3-4(9)6(7,8)5(10)11-2/h1,4,9H,2H3. The van der Waals surface area contributed by atoms with Crippen LogP contribution in [0.5, 0.6) is 0 Å². The van der Waals surface area contributed by atoms with Gasteiger partial charge in [-0.15, -0.1) is 6.42 Å². The first-order valence-electron chi connectivity index (χ1n) is 2.57. The van der Waals surface area contributed by atoms with Gasteiger partial charge in [-0.3, -0.25) is 0 Å². The van der Waals surface area contributed by atoms with Crippen LogP contribution in [-0.2, 0) is 9.53 Å². The van der Waals surface area contributed by atoms with Gasteiger partial charge in [0, 0.05) is 0 Å². The lowest BCUT2D eigenvalue weighted by atomic mass is 10.2. The zero-order valence-electron chi connectivity index (χ0n) is 5.67.